The van der Waals surface area contributed by atoms with Crippen LogP contribution in [0.5, 0.6) is 11.5 Å². The first-order chi connectivity index (χ1) is 14.8. The molecule has 1 aliphatic heterocycles. The van der Waals surface area contributed by atoms with Gasteiger partial charge in [-0.3, -0.25) is 4.79 Å². The topological polar surface area (TPSA) is 94.2 Å². The monoisotopic (exact) mass is 456 g/mol. The van der Waals surface area contributed by atoms with Gasteiger partial charge in [0.25, 0.3) is 5.91 Å². The number of halogens is 2. The van der Waals surface area contributed by atoms with E-state index in [2.05, 4.69) is 10.1 Å². The van der Waals surface area contributed by atoms with E-state index in [-0.39, 0.29) is 41.6 Å². The average molecular weight is 456 g/mol. The standard InChI is InChI=1S/C20H22F2N2O6S/c1-28-17-12-14(6-7-16(17)30-20(21)22)19(25)23-13-15-4-2-3-5-18(15)31(26,27)24-8-10-29-11-9-24/h2-7,12,20H,8-11,13H2,1H3,(H,23,25). The van der Waals surface area contributed by atoms with Gasteiger partial charge in [-0.15, -0.1) is 0 Å². The summed E-state index contributed by atoms with van der Waals surface area (Å²) >= 11 is 0. The van der Waals surface area contributed by atoms with E-state index in [1.54, 1.807) is 18.2 Å². The lowest BCUT2D eigenvalue weighted by Crippen LogP contribution is -2.41. The molecule has 31 heavy (non-hydrogen) atoms. The van der Waals surface area contributed by atoms with Crippen LogP contribution in [0.3, 0.4) is 0 Å². The minimum absolute atomic E-state index is 0.0248. The highest BCUT2D eigenvalue weighted by molar-refractivity contribution is 7.89. The smallest absolute Gasteiger partial charge is 0.387 e. The molecule has 1 aliphatic rings. The number of rotatable bonds is 8. The molecule has 1 N–H and O–H groups in total. The maximum absolute atomic E-state index is 13.0. The molecule has 0 spiro atoms. The summed E-state index contributed by atoms with van der Waals surface area (Å²) in [7, 11) is -2.47. The van der Waals surface area contributed by atoms with Crippen LogP contribution in [0.1, 0.15) is 15.9 Å². The number of carbonyl (C=O) groups is 1. The van der Waals surface area contributed by atoms with Gasteiger partial charge in [0, 0.05) is 25.2 Å². The van der Waals surface area contributed by atoms with Crippen molar-refractivity contribution < 1.29 is 36.2 Å². The Morgan fingerprint density at radius 2 is 1.87 bits per heavy atom. The molecule has 0 saturated carbocycles. The molecule has 1 fully saturated rings. The van der Waals surface area contributed by atoms with Crippen molar-refractivity contribution in [2.75, 3.05) is 33.4 Å². The van der Waals surface area contributed by atoms with Gasteiger partial charge >= 0.3 is 6.61 Å². The van der Waals surface area contributed by atoms with E-state index in [4.69, 9.17) is 9.47 Å². The van der Waals surface area contributed by atoms with Crippen LogP contribution in [0, 0.1) is 0 Å². The number of methoxy groups -OCH3 is 1. The van der Waals surface area contributed by atoms with Crippen molar-refractivity contribution in [2.45, 2.75) is 18.1 Å². The van der Waals surface area contributed by atoms with Gasteiger partial charge in [-0.05, 0) is 29.8 Å². The Hall–Kier alpha value is -2.76. The second-order valence-corrected chi connectivity index (χ2v) is 8.46. The Balaban J connectivity index is 1.75. The van der Waals surface area contributed by atoms with Crippen molar-refractivity contribution in [3.63, 3.8) is 0 Å². The average Bonchev–Trinajstić information content (AvgIpc) is 2.78. The van der Waals surface area contributed by atoms with E-state index in [1.165, 1.54) is 35.7 Å². The van der Waals surface area contributed by atoms with Gasteiger partial charge in [-0.2, -0.15) is 13.1 Å². The van der Waals surface area contributed by atoms with E-state index < -0.39 is 22.5 Å². The number of ether oxygens (including phenoxy) is 3. The molecule has 3 rings (SSSR count). The second-order valence-electron chi connectivity index (χ2n) is 6.55. The molecule has 0 aliphatic carbocycles. The summed E-state index contributed by atoms with van der Waals surface area (Å²) in [4.78, 5) is 12.7. The third-order valence-corrected chi connectivity index (χ3v) is 6.64. The largest absolute Gasteiger partial charge is 0.493 e. The predicted octanol–water partition coefficient (Wildman–Crippen LogP) is 2.25. The summed E-state index contributed by atoms with van der Waals surface area (Å²) in [6.45, 7) is -1.91. The minimum atomic E-state index is -3.74. The summed E-state index contributed by atoms with van der Waals surface area (Å²) in [5.41, 5.74) is 0.568. The van der Waals surface area contributed by atoms with Crippen LogP contribution in [-0.2, 0) is 21.3 Å². The number of morpholine rings is 1. The zero-order valence-corrected chi connectivity index (χ0v) is 17.5. The number of hydrogen-bond donors (Lipinski definition) is 1. The zero-order chi connectivity index (χ0) is 22.4. The summed E-state index contributed by atoms with van der Waals surface area (Å²) in [6.07, 6.45) is 0. The Labute approximate surface area is 178 Å². The first-order valence-electron chi connectivity index (χ1n) is 9.40. The predicted molar refractivity (Wildman–Crippen MR) is 107 cm³/mol. The molecule has 2 aromatic carbocycles. The molecule has 0 atom stereocenters. The molecule has 2 aromatic rings. The van der Waals surface area contributed by atoms with Crippen molar-refractivity contribution >= 4 is 15.9 Å². The maximum atomic E-state index is 13.0. The first kappa shape index (κ1) is 22.9. The Bertz CT molecular complexity index is 1030. The van der Waals surface area contributed by atoms with Crippen LogP contribution in [0.15, 0.2) is 47.4 Å². The number of nitrogens with one attached hydrogen (secondary N) is 1. The van der Waals surface area contributed by atoms with Gasteiger partial charge in [0.15, 0.2) is 11.5 Å². The third kappa shape index (κ3) is 5.49. The third-order valence-electron chi connectivity index (χ3n) is 4.64. The van der Waals surface area contributed by atoms with Crippen molar-refractivity contribution in [3.05, 3.63) is 53.6 Å². The van der Waals surface area contributed by atoms with Gasteiger partial charge in [-0.25, -0.2) is 8.42 Å². The van der Waals surface area contributed by atoms with Crippen LogP contribution in [0.25, 0.3) is 0 Å². The van der Waals surface area contributed by atoms with E-state index in [1.807, 2.05) is 0 Å². The van der Waals surface area contributed by atoms with Gasteiger partial charge in [0.05, 0.1) is 25.2 Å². The highest BCUT2D eigenvalue weighted by atomic mass is 32.2. The van der Waals surface area contributed by atoms with Gasteiger partial charge in [0.1, 0.15) is 0 Å². The molecule has 0 bridgehead atoms. The van der Waals surface area contributed by atoms with Crippen LogP contribution in [-0.4, -0.2) is 58.7 Å². The molecule has 1 saturated heterocycles. The molecule has 0 aromatic heterocycles. The van der Waals surface area contributed by atoms with E-state index in [9.17, 15) is 22.0 Å². The summed E-state index contributed by atoms with van der Waals surface area (Å²) in [5.74, 6) is -0.750. The van der Waals surface area contributed by atoms with Crippen molar-refractivity contribution in [2.24, 2.45) is 0 Å². The molecular formula is C20H22F2N2O6S. The van der Waals surface area contributed by atoms with E-state index in [0.717, 1.165) is 0 Å². The van der Waals surface area contributed by atoms with Gasteiger partial charge in [0.2, 0.25) is 10.0 Å². The fourth-order valence-corrected chi connectivity index (χ4v) is 4.74. The highest BCUT2D eigenvalue weighted by Crippen LogP contribution is 2.29. The lowest BCUT2D eigenvalue weighted by Gasteiger charge is -2.27. The molecule has 1 heterocycles. The molecule has 11 heteroatoms. The lowest BCUT2D eigenvalue weighted by atomic mass is 10.1. The fraction of sp³-hybridized carbons (Fsp3) is 0.350. The van der Waals surface area contributed by atoms with Crippen molar-refractivity contribution in [3.8, 4) is 11.5 Å². The molecular weight excluding hydrogens is 434 g/mol. The number of sulfonamides is 1. The van der Waals surface area contributed by atoms with Crippen LogP contribution < -0.4 is 14.8 Å². The van der Waals surface area contributed by atoms with Crippen molar-refractivity contribution in [1.29, 1.82) is 0 Å². The summed E-state index contributed by atoms with van der Waals surface area (Å²) < 4.78 is 66.8. The normalized spacial score (nSPS) is 15.0. The van der Waals surface area contributed by atoms with E-state index in [0.29, 0.717) is 18.8 Å². The number of hydrogen-bond acceptors (Lipinski definition) is 6. The number of amides is 1. The number of benzene rings is 2. The second kappa shape index (κ2) is 10.0. The number of carbonyl (C=O) groups excluding carboxylic acids is 1. The Morgan fingerprint density at radius 1 is 1.16 bits per heavy atom. The number of nitrogens with zero attached hydrogens (tertiary/aromatic N) is 1. The summed E-state index contributed by atoms with van der Waals surface area (Å²) in [5, 5.41) is 2.65. The lowest BCUT2D eigenvalue weighted by molar-refractivity contribution is -0.0512. The SMILES string of the molecule is COc1cc(C(=O)NCc2ccccc2S(=O)(=O)N2CCOCC2)ccc1OC(F)F. The summed E-state index contributed by atoms with van der Waals surface area (Å²) in [6, 6.07) is 10.2. The van der Waals surface area contributed by atoms with Gasteiger partial charge in [-0.1, -0.05) is 18.2 Å². The molecule has 0 radical (unpaired) electrons. The highest BCUT2D eigenvalue weighted by Gasteiger charge is 2.28. The van der Waals surface area contributed by atoms with Crippen LogP contribution >= 0.6 is 0 Å². The molecule has 0 unspecified atom stereocenters. The van der Waals surface area contributed by atoms with Gasteiger partial charge < -0.3 is 19.5 Å². The first-order valence-corrected chi connectivity index (χ1v) is 10.8. The zero-order valence-electron chi connectivity index (χ0n) is 16.7. The fourth-order valence-electron chi connectivity index (χ4n) is 3.11. The van der Waals surface area contributed by atoms with Crippen molar-refractivity contribution in [1.82, 2.24) is 9.62 Å². The maximum Gasteiger partial charge on any atom is 0.387 e. The quantitative estimate of drug-likeness (QED) is 0.655. The Kier molecular flexibility index (Phi) is 7.42. The molecule has 168 valence electrons. The van der Waals surface area contributed by atoms with E-state index >= 15 is 0 Å². The van der Waals surface area contributed by atoms with Crippen LogP contribution in [0.2, 0.25) is 0 Å². The van der Waals surface area contributed by atoms with Crippen LogP contribution in [0.4, 0.5) is 8.78 Å². The molecule has 1 amide bonds. The number of alkyl halides is 2. The Morgan fingerprint density at radius 3 is 2.55 bits per heavy atom. The molecule has 8 nitrogen and oxygen atoms in total. The minimum Gasteiger partial charge on any atom is -0.493 e.